The number of benzene rings is 2. The Kier molecular flexibility index (Phi) is 4.64. The van der Waals surface area contributed by atoms with Crippen LogP contribution in [0.25, 0.3) is 11.3 Å². The third-order valence-electron chi connectivity index (χ3n) is 3.40. The highest BCUT2D eigenvalue weighted by Crippen LogP contribution is 2.29. The van der Waals surface area contributed by atoms with Crippen molar-refractivity contribution in [3.05, 3.63) is 65.3 Å². The molecule has 118 valence electrons. The highest BCUT2D eigenvalue weighted by Gasteiger charge is 2.09. The Morgan fingerprint density at radius 1 is 1.17 bits per heavy atom. The highest BCUT2D eigenvalue weighted by atomic mass is 35.5. The lowest BCUT2D eigenvalue weighted by atomic mass is 10.1. The standard InChI is InChI=1S/C19H14ClN3O/c1-3-13-12-21-19(23-18(13)14-7-5-4-6-8-14)22-15-9-10-17(24-2)16(20)11-15/h1,4-12H,2H3,(H,21,22,23). The fourth-order valence-corrected chi connectivity index (χ4v) is 2.49. The Hall–Kier alpha value is -3.03. The molecule has 0 saturated heterocycles. The van der Waals surface area contributed by atoms with Crippen LogP contribution in [0.2, 0.25) is 5.02 Å². The second-order valence-electron chi connectivity index (χ2n) is 4.94. The van der Waals surface area contributed by atoms with Gasteiger partial charge in [0.1, 0.15) is 5.75 Å². The molecule has 1 heterocycles. The maximum Gasteiger partial charge on any atom is 0.227 e. The van der Waals surface area contributed by atoms with Crippen molar-refractivity contribution in [1.29, 1.82) is 0 Å². The van der Waals surface area contributed by atoms with Gasteiger partial charge in [0.05, 0.1) is 23.4 Å². The Labute approximate surface area is 145 Å². The van der Waals surface area contributed by atoms with Gasteiger partial charge in [0.15, 0.2) is 0 Å². The summed E-state index contributed by atoms with van der Waals surface area (Å²) in [5.41, 5.74) is 3.03. The number of hydrogen-bond donors (Lipinski definition) is 1. The number of anilines is 2. The van der Waals surface area contributed by atoms with Crippen LogP contribution in [-0.2, 0) is 0 Å². The van der Waals surface area contributed by atoms with E-state index >= 15 is 0 Å². The van der Waals surface area contributed by atoms with Gasteiger partial charge in [-0.05, 0) is 18.2 Å². The Morgan fingerprint density at radius 2 is 1.96 bits per heavy atom. The summed E-state index contributed by atoms with van der Waals surface area (Å²) in [6.07, 6.45) is 7.19. The molecule has 0 aliphatic rings. The molecule has 0 unspecified atom stereocenters. The lowest BCUT2D eigenvalue weighted by molar-refractivity contribution is 0.415. The van der Waals surface area contributed by atoms with E-state index in [1.807, 2.05) is 36.4 Å². The van der Waals surface area contributed by atoms with Gasteiger partial charge in [0.2, 0.25) is 5.95 Å². The Balaban J connectivity index is 1.95. The summed E-state index contributed by atoms with van der Waals surface area (Å²) in [4.78, 5) is 8.81. The van der Waals surface area contributed by atoms with Gasteiger partial charge in [0, 0.05) is 17.4 Å². The number of hydrogen-bond acceptors (Lipinski definition) is 4. The molecule has 1 aromatic heterocycles. The minimum atomic E-state index is 0.439. The molecule has 1 N–H and O–H groups in total. The number of terminal acetylenes is 1. The molecule has 0 atom stereocenters. The summed E-state index contributed by atoms with van der Waals surface area (Å²) in [7, 11) is 1.57. The summed E-state index contributed by atoms with van der Waals surface area (Å²) in [6, 6.07) is 15.1. The molecule has 0 bridgehead atoms. The second kappa shape index (κ2) is 7.03. The lowest BCUT2D eigenvalue weighted by Crippen LogP contribution is -2.00. The van der Waals surface area contributed by atoms with E-state index in [-0.39, 0.29) is 0 Å². The van der Waals surface area contributed by atoms with Crippen molar-refractivity contribution in [3.63, 3.8) is 0 Å². The second-order valence-corrected chi connectivity index (χ2v) is 5.35. The van der Waals surface area contributed by atoms with E-state index in [1.54, 1.807) is 25.4 Å². The van der Waals surface area contributed by atoms with Crippen molar-refractivity contribution >= 4 is 23.2 Å². The highest BCUT2D eigenvalue weighted by molar-refractivity contribution is 6.32. The summed E-state index contributed by atoms with van der Waals surface area (Å²) in [5.74, 6) is 3.67. The van der Waals surface area contributed by atoms with E-state index in [1.165, 1.54) is 0 Å². The summed E-state index contributed by atoms with van der Waals surface area (Å²) >= 11 is 6.14. The van der Waals surface area contributed by atoms with Crippen LogP contribution < -0.4 is 10.1 Å². The van der Waals surface area contributed by atoms with Crippen LogP contribution in [-0.4, -0.2) is 17.1 Å². The number of nitrogens with zero attached hydrogens (tertiary/aromatic N) is 2. The maximum absolute atomic E-state index is 6.14. The first-order chi connectivity index (χ1) is 11.7. The van der Waals surface area contributed by atoms with Gasteiger partial charge in [-0.25, -0.2) is 9.97 Å². The number of methoxy groups -OCH3 is 1. The van der Waals surface area contributed by atoms with E-state index in [0.29, 0.717) is 28.0 Å². The fourth-order valence-electron chi connectivity index (χ4n) is 2.24. The Bertz CT molecular complexity index is 904. The van der Waals surface area contributed by atoms with Crippen molar-refractivity contribution in [2.24, 2.45) is 0 Å². The van der Waals surface area contributed by atoms with Gasteiger partial charge in [-0.2, -0.15) is 0 Å². The smallest absolute Gasteiger partial charge is 0.227 e. The van der Waals surface area contributed by atoms with E-state index in [0.717, 1.165) is 11.3 Å². The summed E-state index contributed by atoms with van der Waals surface area (Å²) in [6.45, 7) is 0. The fraction of sp³-hybridized carbons (Fsp3) is 0.0526. The molecular weight excluding hydrogens is 322 g/mol. The van der Waals surface area contributed by atoms with E-state index in [9.17, 15) is 0 Å². The molecule has 0 amide bonds. The van der Waals surface area contributed by atoms with E-state index in [4.69, 9.17) is 22.8 Å². The van der Waals surface area contributed by atoms with Crippen LogP contribution in [0, 0.1) is 12.3 Å². The molecule has 3 rings (SSSR count). The third kappa shape index (κ3) is 3.32. The number of nitrogens with one attached hydrogen (secondary N) is 1. The van der Waals surface area contributed by atoms with Gasteiger partial charge >= 0.3 is 0 Å². The van der Waals surface area contributed by atoms with Crippen molar-refractivity contribution in [3.8, 4) is 29.4 Å². The van der Waals surface area contributed by atoms with Crippen LogP contribution in [0.4, 0.5) is 11.6 Å². The summed E-state index contributed by atoms with van der Waals surface area (Å²) in [5, 5.41) is 3.63. The molecule has 0 aliphatic carbocycles. The van der Waals surface area contributed by atoms with Crippen LogP contribution in [0.3, 0.4) is 0 Å². The largest absolute Gasteiger partial charge is 0.495 e. The minimum absolute atomic E-state index is 0.439. The third-order valence-corrected chi connectivity index (χ3v) is 3.69. The first-order valence-corrected chi connectivity index (χ1v) is 7.58. The topological polar surface area (TPSA) is 47.0 Å². The van der Waals surface area contributed by atoms with Crippen molar-refractivity contribution in [2.45, 2.75) is 0 Å². The molecule has 3 aromatic rings. The zero-order valence-corrected chi connectivity index (χ0v) is 13.7. The molecule has 5 heteroatoms. The first-order valence-electron chi connectivity index (χ1n) is 7.21. The van der Waals surface area contributed by atoms with Gasteiger partial charge in [-0.15, -0.1) is 6.42 Å². The molecule has 0 radical (unpaired) electrons. The number of rotatable bonds is 4. The summed E-state index contributed by atoms with van der Waals surface area (Å²) < 4.78 is 5.14. The van der Waals surface area contributed by atoms with Crippen LogP contribution in [0.1, 0.15) is 5.56 Å². The van der Waals surface area contributed by atoms with Crippen molar-refractivity contribution in [1.82, 2.24) is 9.97 Å². The van der Waals surface area contributed by atoms with E-state index in [2.05, 4.69) is 21.2 Å². The molecule has 24 heavy (non-hydrogen) atoms. The number of aromatic nitrogens is 2. The molecule has 0 fully saturated rings. The van der Waals surface area contributed by atoms with Crippen molar-refractivity contribution in [2.75, 3.05) is 12.4 Å². The van der Waals surface area contributed by atoms with Crippen LogP contribution in [0.5, 0.6) is 5.75 Å². The van der Waals surface area contributed by atoms with E-state index < -0.39 is 0 Å². The van der Waals surface area contributed by atoms with Gasteiger partial charge in [-0.1, -0.05) is 47.9 Å². The molecule has 0 aliphatic heterocycles. The Morgan fingerprint density at radius 3 is 2.62 bits per heavy atom. The lowest BCUT2D eigenvalue weighted by Gasteiger charge is -2.10. The van der Waals surface area contributed by atoms with Gasteiger partial charge < -0.3 is 10.1 Å². The van der Waals surface area contributed by atoms with Crippen LogP contribution in [0.15, 0.2) is 54.7 Å². The molecule has 4 nitrogen and oxygen atoms in total. The monoisotopic (exact) mass is 335 g/mol. The average Bonchev–Trinajstić information content (AvgIpc) is 2.62. The predicted octanol–water partition coefficient (Wildman–Crippen LogP) is 4.53. The number of halogens is 1. The quantitative estimate of drug-likeness (QED) is 0.711. The zero-order chi connectivity index (χ0) is 16.9. The molecular formula is C19H14ClN3O. The van der Waals surface area contributed by atoms with Gasteiger partial charge in [0.25, 0.3) is 0 Å². The normalized spacial score (nSPS) is 10.0. The zero-order valence-electron chi connectivity index (χ0n) is 13.0. The maximum atomic E-state index is 6.14. The molecule has 2 aromatic carbocycles. The SMILES string of the molecule is C#Cc1cnc(Nc2ccc(OC)c(Cl)c2)nc1-c1ccccc1. The first kappa shape index (κ1) is 15.9. The predicted molar refractivity (Wildman–Crippen MR) is 96.7 cm³/mol. The van der Waals surface area contributed by atoms with Crippen LogP contribution >= 0.6 is 11.6 Å². The van der Waals surface area contributed by atoms with Crippen molar-refractivity contribution < 1.29 is 4.74 Å². The van der Waals surface area contributed by atoms with Gasteiger partial charge in [-0.3, -0.25) is 0 Å². The number of ether oxygens (including phenoxy) is 1. The molecule has 0 spiro atoms. The average molecular weight is 336 g/mol. The minimum Gasteiger partial charge on any atom is -0.495 e. The molecule has 0 saturated carbocycles.